The fourth-order valence-corrected chi connectivity index (χ4v) is 5.00. The van der Waals surface area contributed by atoms with Crippen LogP contribution in [0.2, 0.25) is 0 Å². The first-order chi connectivity index (χ1) is 19.5. The molecule has 0 radical (unpaired) electrons. The van der Waals surface area contributed by atoms with Gasteiger partial charge < -0.3 is 14.0 Å². The SMILES string of the molecule is CCOC(=O)c1cc(-c2ccc(-c3cc(C(F)(F)F)c(C#N)c(=O)n3Cc3ccc(F)cc3F)s2)cnc1OCC. The van der Waals surface area contributed by atoms with Gasteiger partial charge in [0, 0.05) is 28.3 Å². The summed E-state index contributed by atoms with van der Waals surface area (Å²) in [7, 11) is 0. The van der Waals surface area contributed by atoms with E-state index in [4.69, 9.17) is 9.47 Å². The van der Waals surface area contributed by atoms with Gasteiger partial charge >= 0.3 is 12.1 Å². The number of hydrogen-bond donors (Lipinski definition) is 0. The number of carbonyl (C=O) groups excluding carboxylic acids is 1. The molecule has 0 bridgehead atoms. The molecule has 3 heterocycles. The first-order valence-corrected chi connectivity index (χ1v) is 12.9. The molecule has 212 valence electrons. The molecule has 0 atom stereocenters. The maximum atomic E-state index is 14.5. The van der Waals surface area contributed by atoms with Crippen molar-refractivity contribution in [3.63, 3.8) is 0 Å². The zero-order valence-corrected chi connectivity index (χ0v) is 22.3. The normalized spacial score (nSPS) is 11.3. The minimum Gasteiger partial charge on any atom is -0.477 e. The van der Waals surface area contributed by atoms with Crippen molar-refractivity contribution in [2.45, 2.75) is 26.6 Å². The molecule has 1 aromatic carbocycles. The van der Waals surface area contributed by atoms with Gasteiger partial charge in [-0.2, -0.15) is 18.4 Å². The number of alkyl halides is 3. The summed E-state index contributed by atoms with van der Waals surface area (Å²) in [6.07, 6.45) is -3.63. The van der Waals surface area contributed by atoms with E-state index in [2.05, 4.69) is 4.98 Å². The zero-order chi connectivity index (χ0) is 29.9. The number of rotatable bonds is 8. The van der Waals surface area contributed by atoms with E-state index in [9.17, 15) is 36.8 Å². The van der Waals surface area contributed by atoms with Crippen molar-refractivity contribution in [1.82, 2.24) is 9.55 Å². The molecule has 4 rings (SSSR count). The van der Waals surface area contributed by atoms with Crippen LogP contribution in [0.15, 0.2) is 53.5 Å². The van der Waals surface area contributed by atoms with Crippen LogP contribution >= 0.6 is 11.3 Å². The number of thiophene rings is 1. The van der Waals surface area contributed by atoms with Crippen LogP contribution in [-0.4, -0.2) is 28.7 Å². The van der Waals surface area contributed by atoms with E-state index < -0.39 is 47.0 Å². The van der Waals surface area contributed by atoms with Gasteiger partial charge in [0.2, 0.25) is 5.88 Å². The van der Waals surface area contributed by atoms with Gasteiger partial charge in [0.05, 0.1) is 35.9 Å². The maximum absolute atomic E-state index is 14.5. The number of carbonyl (C=O) groups is 1. The fraction of sp³-hybridized carbons (Fsp3) is 0.214. The molecule has 0 aliphatic heterocycles. The number of esters is 1. The molecular weight excluding hydrogens is 569 g/mol. The standard InChI is InChI=1S/C28H20F5N3O4S/c1-3-39-25-18(27(38)40-4-2)9-16(13-35-25)23-7-8-24(41-23)22-11-20(28(31,32)33)19(12-34)26(37)36(22)14-15-5-6-17(29)10-21(15)30/h5-11,13H,3-4,14H2,1-2H3. The van der Waals surface area contributed by atoms with E-state index in [-0.39, 0.29) is 40.8 Å². The molecule has 4 aromatic rings. The van der Waals surface area contributed by atoms with Crippen molar-refractivity contribution < 1.29 is 36.2 Å². The molecule has 0 amide bonds. The summed E-state index contributed by atoms with van der Waals surface area (Å²) in [5, 5.41) is 9.39. The lowest BCUT2D eigenvalue weighted by Crippen LogP contribution is -2.28. The van der Waals surface area contributed by atoms with Crippen LogP contribution in [0.5, 0.6) is 5.88 Å². The third kappa shape index (κ3) is 6.12. The van der Waals surface area contributed by atoms with Crippen molar-refractivity contribution >= 4 is 17.3 Å². The first-order valence-electron chi connectivity index (χ1n) is 12.1. The van der Waals surface area contributed by atoms with E-state index in [0.29, 0.717) is 22.6 Å². The molecule has 0 aliphatic carbocycles. The van der Waals surface area contributed by atoms with E-state index in [1.54, 1.807) is 19.9 Å². The quantitative estimate of drug-likeness (QED) is 0.174. The number of benzene rings is 1. The number of nitrogens with zero attached hydrogens (tertiary/aromatic N) is 3. The molecule has 0 aliphatic rings. The summed E-state index contributed by atoms with van der Waals surface area (Å²) >= 11 is 0.968. The van der Waals surface area contributed by atoms with Gasteiger partial charge in [0.25, 0.3) is 5.56 Å². The Kier molecular flexibility index (Phi) is 8.53. The largest absolute Gasteiger partial charge is 0.477 e. The number of hydrogen-bond acceptors (Lipinski definition) is 7. The monoisotopic (exact) mass is 589 g/mol. The summed E-state index contributed by atoms with van der Waals surface area (Å²) in [4.78, 5) is 30.5. The molecular formula is C28H20F5N3O4S. The lowest BCUT2D eigenvalue weighted by atomic mass is 10.1. The second-order valence-electron chi connectivity index (χ2n) is 8.45. The Hall–Kier alpha value is -4.57. The van der Waals surface area contributed by atoms with Gasteiger partial charge in [0.1, 0.15) is 28.8 Å². The fourth-order valence-electron chi connectivity index (χ4n) is 3.98. The molecule has 0 fully saturated rings. The van der Waals surface area contributed by atoms with Gasteiger partial charge in [-0.25, -0.2) is 18.6 Å². The maximum Gasteiger partial charge on any atom is 0.417 e. The third-order valence-electron chi connectivity index (χ3n) is 5.83. The van der Waals surface area contributed by atoms with E-state index in [0.717, 1.165) is 28.0 Å². The van der Waals surface area contributed by atoms with Crippen LogP contribution in [-0.2, 0) is 17.5 Å². The Morgan fingerprint density at radius 3 is 2.44 bits per heavy atom. The molecule has 0 N–H and O–H groups in total. The minimum atomic E-state index is -5.03. The number of pyridine rings is 2. The van der Waals surface area contributed by atoms with Crippen molar-refractivity contribution in [1.29, 1.82) is 5.26 Å². The van der Waals surface area contributed by atoms with Gasteiger partial charge in [0.15, 0.2) is 0 Å². The number of halogens is 5. The van der Waals surface area contributed by atoms with E-state index in [1.807, 2.05) is 0 Å². The van der Waals surface area contributed by atoms with Crippen LogP contribution < -0.4 is 10.3 Å². The van der Waals surface area contributed by atoms with Crippen molar-refractivity contribution in [2.24, 2.45) is 0 Å². The number of nitriles is 1. The van der Waals surface area contributed by atoms with E-state index in [1.165, 1.54) is 24.4 Å². The molecule has 0 unspecified atom stereocenters. The molecule has 0 spiro atoms. The highest BCUT2D eigenvalue weighted by Gasteiger charge is 2.37. The van der Waals surface area contributed by atoms with Gasteiger partial charge in [-0.3, -0.25) is 4.79 Å². The second-order valence-corrected chi connectivity index (χ2v) is 9.53. The summed E-state index contributed by atoms with van der Waals surface area (Å²) in [5.41, 5.74) is -3.86. The van der Waals surface area contributed by atoms with Crippen LogP contribution in [0.1, 0.15) is 40.9 Å². The highest BCUT2D eigenvalue weighted by molar-refractivity contribution is 7.18. The third-order valence-corrected chi connectivity index (χ3v) is 6.99. The number of ether oxygens (including phenoxy) is 2. The van der Waals surface area contributed by atoms with Crippen molar-refractivity contribution in [2.75, 3.05) is 13.2 Å². The Bertz CT molecular complexity index is 1720. The van der Waals surface area contributed by atoms with Crippen LogP contribution in [0, 0.1) is 23.0 Å². The van der Waals surface area contributed by atoms with E-state index >= 15 is 0 Å². The molecule has 0 saturated heterocycles. The minimum absolute atomic E-state index is 0.0441. The van der Waals surface area contributed by atoms with Crippen molar-refractivity contribution in [3.8, 4) is 33.0 Å². The van der Waals surface area contributed by atoms with Crippen LogP contribution in [0.25, 0.3) is 21.0 Å². The zero-order valence-electron chi connectivity index (χ0n) is 21.5. The molecule has 7 nitrogen and oxygen atoms in total. The Balaban J connectivity index is 1.89. The smallest absolute Gasteiger partial charge is 0.417 e. The van der Waals surface area contributed by atoms with Gasteiger partial charge in [-0.15, -0.1) is 11.3 Å². The highest BCUT2D eigenvalue weighted by atomic mass is 32.1. The van der Waals surface area contributed by atoms with Gasteiger partial charge in [-0.1, -0.05) is 6.07 Å². The van der Waals surface area contributed by atoms with Crippen LogP contribution in [0.4, 0.5) is 22.0 Å². The average Bonchev–Trinajstić information content (AvgIpc) is 3.41. The summed E-state index contributed by atoms with van der Waals surface area (Å²) in [6, 6.07) is 9.00. The lowest BCUT2D eigenvalue weighted by molar-refractivity contribution is -0.137. The van der Waals surface area contributed by atoms with Crippen LogP contribution in [0.3, 0.4) is 0 Å². The Labute approximate surface area is 234 Å². The predicted molar refractivity (Wildman–Crippen MR) is 140 cm³/mol. The predicted octanol–water partition coefficient (Wildman–Crippen LogP) is 6.43. The number of aromatic nitrogens is 2. The summed E-state index contributed by atoms with van der Waals surface area (Å²) < 4.78 is 80.8. The second kappa shape index (κ2) is 11.9. The first kappa shape index (κ1) is 29.4. The lowest BCUT2D eigenvalue weighted by Gasteiger charge is -2.17. The highest BCUT2D eigenvalue weighted by Crippen LogP contribution is 2.39. The van der Waals surface area contributed by atoms with Gasteiger partial charge in [-0.05, 0) is 44.2 Å². The Morgan fingerprint density at radius 1 is 1.07 bits per heavy atom. The molecule has 41 heavy (non-hydrogen) atoms. The van der Waals surface area contributed by atoms with Crippen molar-refractivity contribution in [3.05, 3.63) is 92.9 Å². The average molecular weight is 590 g/mol. The summed E-state index contributed by atoms with van der Waals surface area (Å²) in [5.74, 6) is -2.53. The molecule has 0 saturated carbocycles. The molecule has 3 aromatic heterocycles. The summed E-state index contributed by atoms with van der Waals surface area (Å²) in [6.45, 7) is 3.10. The molecule has 13 heteroatoms. The Morgan fingerprint density at radius 2 is 1.80 bits per heavy atom. The topological polar surface area (TPSA) is 94.2 Å².